The lowest BCUT2D eigenvalue weighted by Crippen LogP contribution is -2.70. The van der Waals surface area contributed by atoms with Gasteiger partial charge in [0.15, 0.2) is 37.7 Å². The maximum Gasteiger partial charge on any atom is 0.217 e. The van der Waals surface area contributed by atoms with Crippen LogP contribution in [0.3, 0.4) is 0 Å². The van der Waals surface area contributed by atoms with Gasteiger partial charge >= 0.3 is 0 Å². The molecule has 20 N–H and O–H groups in total. The normalized spacial score (nSPS) is 49.8. The number of hydrogen-bond donors (Lipinski definition) is 20. The molecule has 33 nitrogen and oxygen atoms in total. The van der Waals surface area contributed by atoms with Crippen molar-refractivity contribution in [2.24, 2.45) is 0 Å². The van der Waals surface area contributed by atoms with E-state index in [0.717, 1.165) is 13.8 Å². The first kappa shape index (κ1) is 60.0. The molecule has 6 fully saturated rings. The summed E-state index contributed by atoms with van der Waals surface area (Å²) in [5, 5.41) is 196. The molecule has 73 heavy (non-hydrogen) atoms. The fraction of sp³-hybridized carbons (Fsp3) is 0.950. The molecule has 0 aliphatic carbocycles. The third-order valence-electron chi connectivity index (χ3n) is 13.2. The van der Waals surface area contributed by atoms with Gasteiger partial charge in [0, 0.05) is 13.8 Å². The molecule has 2 amide bonds. The van der Waals surface area contributed by atoms with Gasteiger partial charge in [0.25, 0.3) is 0 Å². The zero-order valence-corrected chi connectivity index (χ0v) is 38.9. The quantitative estimate of drug-likeness (QED) is 0.0606. The Morgan fingerprint density at radius 1 is 0.356 bits per heavy atom. The van der Waals surface area contributed by atoms with Gasteiger partial charge in [-0.2, -0.15) is 0 Å². The minimum atomic E-state index is -2.26. The summed E-state index contributed by atoms with van der Waals surface area (Å²) in [4.78, 5) is 24.4. The topological polar surface area (TPSA) is 524 Å². The third-order valence-corrected chi connectivity index (χ3v) is 13.2. The maximum absolute atomic E-state index is 12.5. The Kier molecular flexibility index (Phi) is 21.3. The Hall–Kier alpha value is -2.22. The van der Waals surface area contributed by atoms with E-state index in [-0.39, 0.29) is 0 Å². The lowest BCUT2D eigenvalue weighted by molar-refractivity contribution is -0.384. The van der Waals surface area contributed by atoms with E-state index in [1.54, 1.807) is 0 Å². The molecule has 30 atom stereocenters. The van der Waals surface area contributed by atoms with Crippen LogP contribution < -0.4 is 10.6 Å². The summed E-state index contributed by atoms with van der Waals surface area (Å²) in [6.07, 6.45) is -52.8. The van der Waals surface area contributed by atoms with Crippen molar-refractivity contribution in [3.8, 4) is 0 Å². The number of rotatable bonds is 18. The van der Waals surface area contributed by atoms with Gasteiger partial charge in [-0.25, -0.2) is 0 Å². The van der Waals surface area contributed by atoms with Crippen LogP contribution in [0.15, 0.2) is 0 Å². The second kappa shape index (κ2) is 26.0. The van der Waals surface area contributed by atoms with E-state index >= 15 is 0 Å². The molecule has 33 heteroatoms. The van der Waals surface area contributed by atoms with Crippen LogP contribution in [0.1, 0.15) is 13.8 Å². The highest BCUT2D eigenvalue weighted by Gasteiger charge is 2.57. The van der Waals surface area contributed by atoms with Crippen molar-refractivity contribution in [3.63, 3.8) is 0 Å². The fourth-order valence-corrected chi connectivity index (χ4v) is 9.11. The standard InChI is InChI=1S/C40H68N2O31/c1-9(47)41-17-23(53)32(13(5-45)65-35(17)62)71-36-18(42-10(2)48)24(54)33(14(6-46)68-36)72-40-31(61)34(73-39-30(60)26(56)20(50)12(4-44)67-39)22(52)16(70-40)8-64-38-29(59)27(57)21(51)15(69-38)7-63-37-28(58)25(55)19(49)11(3-43)66-37/h11-40,43-46,49-62H,3-8H2,1-2H3,(H,41,47)(H,42,48)/t11-,12-,13-,14-,15-,16-,17-,18-,19-,20-,21-,22-,23-,24-,25+,26+,27+,28+,29+,30+,31+,32-,33-,34+,35-,36+,37-,38+,39-,40+/m1/s1. The zero-order valence-electron chi connectivity index (χ0n) is 38.9. The maximum atomic E-state index is 12.5. The summed E-state index contributed by atoms with van der Waals surface area (Å²) in [5.41, 5.74) is 0. The molecular weight excluding hydrogens is 1000 g/mol. The first-order chi connectivity index (χ1) is 34.5. The van der Waals surface area contributed by atoms with E-state index in [1.165, 1.54) is 0 Å². The number of carbonyl (C=O) groups is 2. The van der Waals surface area contributed by atoms with Crippen LogP contribution in [0, 0.1) is 0 Å². The average molecular weight is 1070 g/mol. The van der Waals surface area contributed by atoms with Crippen molar-refractivity contribution in [1.82, 2.24) is 10.6 Å². The van der Waals surface area contributed by atoms with Crippen molar-refractivity contribution >= 4 is 11.8 Å². The Bertz CT molecular complexity index is 1750. The highest BCUT2D eigenvalue weighted by molar-refractivity contribution is 5.73. The lowest BCUT2D eigenvalue weighted by atomic mass is 9.94. The van der Waals surface area contributed by atoms with Crippen molar-refractivity contribution in [2.75, 3.05) is 39.6 Å². The summed E-state index contributed by atoms with van der Waals surface area (Å²) >= 11 is 0. The molecule has 0 saturated carbocycles. The Morgan fingerprint density at radius 3 is 1.19 bits per heavy atom. The zero-order chi connectivity index (χ0) is 53.9. The average Bonchev–Trinajstić information content (AvgIpc) is 3.35. The summed E-state index contributed by atoms with van der Waals surface area (Å²) in [6.45, 7) is -3.32. The minimum Gasteiger partial charge on any atom is -0.394 e. The molecule has 424 valence electrons. The molecule has 6 rings (SSSR count). The van der Waals surface area contributed by atoms with Gasteiger partial charge < -0.3 is 155 Å². The van der Waals surface area contributed by atoms with Crippen LogP contribution in [-0.2, 0) is 61.7 Å². The van der Waals surface area contributed by atoms with Crippen LogP contribution in [0.2, 0.25) is 0 Å². The SMILES string of the molecule is CC(=O)N[C@@H]1[C@@H](O)[C@H](O[C@@H]2O[C@H](CO)[C@@H](O[C@@H]3O[C@H](CO[C@H]4O[C@H](CO[C@@H]5O[C@H](CO)[C@@H](O)[C@H](O)[C@@H]5O)[C@@H](O)[C@H](O)[C@@H]4O)[C@@H](O)[C@H](O[C@H]4O[C@H](CO)[C@@H](O)[C@H](O)[C@@H]4O)[C@@H]3O)[C@H](O)[C@H]2NC(C)=O)[C@@H](CO)O[C@H]1O. The van der Waals surface area contributed by atoms with Gasteiger partial charge in [0.2, 0.25) is 11.8 Å². The second-order valence-corrected chi connectivity index (χ2v) is 18.3. The molecule has 6 aliphatic heterocycles. The molecule has 0 aromatic rings. The van der Waals surface area contributed by atoms with Crippen LogP contribution in [0.5, 0.6) is 0 Å². The van der Waals surface area contributed by atoms with Gasteiger partial charge in [0.1, 0.15) is 146 Å². The predicted octanol–water partition coefficient (Wildman–Crippen LogP) is -13.8. The molecule has 0 unspecified atom stereocenters. The van der Waals surface area contributed by atoms with E-state index in [1.807, 2.05) is 0 Å². The van der Waals surface area contributed by atoms with E-state index < -0.39 is 236 Å². The molecule has 6 aliphatic rings. The fourth-order valence-electron chi connectivity index (χ4n) is 9.11. The Balaban J connectivity index is 1.23. The number of nitrogens with one attached hydrogen (secondary N) is 2. The molecule has 0 radical (unpaired) electrons. The molecule has 6 saturated heterocycles. The van der Waals surface area contributed by atoms with Crippen LogP contribution >= 0.6 is 0 Å². The van der Waals surface area contributed by atoms with Gasteiger partial charge in [-0.1, -0.05) is 0 Å². The highest BCUT2D eigenvalue weighted by Crippen LogP contribution is 2.36. The summed E-state index contributed by atoms with van der Waals surface area (Å²) in [7, 11) is 0. The van der Waals surface area contributed by atoms with Crippen molar-refractivity contribution < 1.29 is 154 Å². The van der Waals surface area contributed by atoms with E-state index in [2.05, 4.69) is 10.6 Å². The molecule has 0 aromatic carbocycles. The van der Waals surface area contributed by atoms with Gasteiger partial charge in [-0.05, 0) is 0 Å². The van der Waals surface area contributed by atoms with Crippen LogP contribution in [0.4, 0.5) is 0 Å². The van der Waals surface area contributed by atoms with Crippen molar-refractivity contribution in [3.05, 3.63) is 0 Å². The molecular formula is C40H68N2O31. The predicted molar refractivity (Wildman–Crippen MR) is 222 cm³/mol. The summed E-state index contributed by atoms with van der Waals surface area (Å²) in [6, 6.07) is -3.28. The van der Waals surface area contributed by atoms with Crippen LogP contribution in [0.25, 0.3) is 0 Å². The smallest absolute Gasteiger partial charge is 0.217 e. The molecule has 0 bridgehead atoms. The first-order valence-corrected chi connectivity index (χ1v) is 23.1. The van der Waals surface area contributed by atoms with Crippen molar-refractivity contribution in [1.29, 1.82) is 0 Å². The largest absolute Gasteiger partial charge is 0.394 e. The van der Waals surface area contributed by atoms with Gasteiger partial charge in [-0.15, -0.1) is 0 Å². The number of ether oxygens (including phenoxy) is 11. The molecule has 0 spiro atoms. The van der Waals surface area contributed by atoms with E-state index in [9.17, 15) is 102 Å². The Morgan fingerprint density at radius 2 is 0.699 bits per heavy atom. The minimum absolute atomic E-state index is 0.715. The second-order valence-electron chi connectivity index (χ2n) is 18.3. The monoisotopic (exact) mass is 1070 g/mol. The Labute approximate surface area is 413 Å². The lowest BCUT2D eigenvalue weighted by Gasteiger charge is -2.50. The summed E-state index contributed by atoms with van der Waals surface area (Å²) in [5.74, 6) is -1.55. The summed E-state index contributed by atoms with van der Waals surface area (Å²) < 4.78 is 62.2. The number of hydrogen-bond acceptors (Lipinski definition) is 31. The first-order valence-electron chi connectivity index (χ1n) is 23.1. The van der Waals surface area contributed by atoms with E-state index in [4.69, 9.17) is 52.1 Å². The third kappa shape index (κ3) is 13.2. The van der Waals surface area contributed by atoms with Crippen molar-refractivity contribution in [2.45, 2.75) is 198 Å². The molecule has 6 heterocycles. The van der Waals surface area contributed by atoms with E-state index in [0.29, 0.717) is 0 Å². The number of carbonyl (C=O) groups excluding carboxylic acids is 2. The highest BCUT2D eigenvalue weighted by atomic mass is 16.8. The number of aliphatic hydroxyl groups excluding tert-OH is 18. The molecule has 0 aromatic heterocycles. The van der Waals surface area contributed by atoms with Gasteiger partial charge in [0.05, 0.1) is 39.6 Å². The number of amides is 2. The van der Waals surface area contributed by atoms with Crippen LogP contribution in [-0.4, -0.2) is 327 Å². The number of aliphatic hydroxyl groups is 18. The van der Waals surface area contributed by atoms with Gasteiger partial charge in [-0.3, -0.25) is 9.59 Å².